The van der Waals surface area contributed by atoms with Gasteiger partial charge in [-0.2, -0.15) is 18.3 Å². The largest absolute Gasteiger partial charge is 0.412 e. The van der Waals surface area contributed by atoms with Gasteiger partial charge in [0.1, 0.15) is 12.7 Å². The second-order valence-electron chi connectivity index (χ2n) is 5.25. The van der Waals surface area contributed by atoms with E-state index in [1.807, 2.05) is 5.32 Å². The molecule has 0 unspecified atom stereocenters. The SMILES string of the molecule is O=C(N[C@H](c1ccccc1)C(F)(F)F)c1ccc(-n2cncn2)cc1. The van der Waals surface area contributed by atoms with Gasteiger partial charge >= 0.3 is 6.18 Å². The van der Waals surface area contributed by atoms with Crippen LogP contribution >= 0.6 is 0 Å². The summed E-state index contributed by atoms with van der Waals surface area (Å²) < 4.78 is 41.4. The van der Waals surface area contributed by atoms with Gasteiger partial charge in [-0.05, 0) is 29.8 Å². The maximum atomic E-state index is 13.3. The minimum atomic E-state index is -4.60. The van der Waals surface area contributed by atoms with E-state index in [-0.39, 0.29) is 11.1 Å². The smallest absolute Gasteiger partial charge is 0.337 e. The topological polar surface area (TPSA) is 59.8 Å². The van der Waals surface area contributed by atoms with Gasteiger partial charge in [0, 0.05) is 5.56 Å². The van der Waals surface area contributed by atoms with Gasteiger partial charge in [-0.25, -0.2) is 9.67 Å². The molecule has 1 atom stereocenters. The van der Waals surface area contributed by atoms with Crippen molar-refractivity contribution in [2.75, 3.05) is 0 Å². The van der Waals surface area contributed by atoms with E-state index in [4.69, 9.17) is 0 Å². The first kappa shape index (κ1) is 16.7. The van der Waals surface area contributed by atoms with Crippen LogP contribution in [0.2, 0.25) is 0 Å². The molecule has 0 saturated heterocycles. The highest BCUT2D eigenvalue weighted by atomic mass is 19.4. The summed E-state index contributed by atoms with van der Waals surface area (Å²) >= 11 is 0. The standard InChI is InChI=1S/C17H13F3N4O/c18-17(19,20)15(12-4-2-1-3-5-12)23-16(25)13-6-8-14(9-7-13)24-11-21-10-22-24/h1-11,15H,(H,23,25)/t15-/m1/s1. The maximum Gasteiger partial charge on any atom is 0.412 e. The Morgan fingerprint density at radius 2 is 1.72 bits per heavy atom. The van der Waals surface area contributed by atoms with Crippen molar-refractivity contribution in [1.82, 2.24) is 20.1 Å². The summed E-state index contributed by atoms with van der Waals surface area (Å²) in [7, 11) is 0. The lowest BCUT2D eigenvalue weighted by molar-refractivity contribution is -0.155. The molecule has 128 valence electrons. The van der Waals surface area contributed by atoms with Crippen molar-refractivity contribution in [2.24, 2.45) is 0 Å². The fourth-order valence-electron chi connectivity index (χ4n) is 2.32. The third kappa shape index (κ3) is 3.85. The van der Waals surface area contributed by atoms with Gasteiger partial charge in [-0.15, -0.1) is 0 Å². The van der Waals surface area contributed by atoms with Crippen molar-refractivity contribution in [2.45, 2.75) is 12.2 Å². The molecule has 8 heteroatoms. The number of rotatable bonds is 4. The fraction of sp³-hybridized carbons (Fsp3) is 0.118. The van der Waals surface area contributed by atoms with Crippen LogP contribution in [0.1, 0.15) is 22.0 Å². The van der Waals surface area contributed by atoms with E-state index in [1.54, 1.807) is 18.2 Å². The molecule has 0 radical (unpaired) electrons. The number of carbonyl (C=O) groups is 1. The zero-order chi connectivity index (χ0) is 17.9. The third-order valence-corrected chi connectivity index (χ3v) is 3.55. The van der Waals surface area contributed by atoms with E-state index in [2.05, 4.69) is 10.1 Å². The van der Waals surface area contributed by atoms with Gasteiger partial charge in [0.05, 0.1) is 5.69 Å². The molecule has 0 bridgehead atoms. The highest BCUT2D eigenvalue weighted by Crippen LogP contribution is 2.32. The predicted octanol–water partition coefficient (Wildman–Crippen LogP) is 3.30. The molecule has 0 saturated carbocycles. The third-order valence-electron chi connectivity index (χ3n) is 3.55. The summed E-state index contributed by atoms with van der Waals surface area (Å²) in [6.07, 6.45) is -1.77. The summed E-state index contributed by atoms with van der Waals surface area (Å²) in [6.45, 7) is 0. The monoisotopic (exact) mass is 346 g/mol. The zero-order valence-electron chi connectivity index (χ0n) is 12.8. The fourth-order valence-corrected chi connectivity index (χ4v) is 2.32. The molecular formula is C17H13F3N4O. The molecule has 3 rings (SSSR count). The number of carbonyl (C=O) groups excluding carboxylic acids is 1. The normalized spacial score (nSPS) is 12.6. The molecule has 1 aromatic heterocycles. The molecule has 0 aliphatic rings. The molecule has 25 heavy (non-hydrogen) atoms. The Balaban J connectivity index is 1.80. The molecule has 0 aliphatic carbocycles. The van der Waals surface area contributed by atoms with Gasteiger partial charge in [0.15, 0.2) is 6.04 Å². The summed E-state index contributed by atoms with van der Waals surface area (Å²) in [6, 6.07) is 11.2. The second kappa shape index (κ2) is 6.76. The van der Waals surface area contributed by atoms with Gasteiger partial charge in [-0.3, -0.25) is 4.79 Å². The van der Waals surface area contributed by atoms with Gasteiger partial charge in [0.25, 0.3) is 5.91 Å². The van der Waals surface area contributed by atoms with Crippen LogP contribution in [0.5, 0.6) is 0 Å². The van der Waals surface area contributed by atoms with Crippen LogP contribution < -0.4 is 5.32 Å². The molecule has 1 amide bonds. The molecule has 0 fully saturated rings. The number of hydrogen-bond donors (Lipinski definition) is 1. The highest BCUT2D eigenvalue weighted by molar-refractivity contribution is 5.94. The maximum absolute atomic E-state index is 13.3. The van der Waals surface area contributed by atoms with Crippen LogP contribution in [0.15, 0.2) is 67.3 Å². The molecular weight excluding hydrogens is 333 g/mol. The van der Waals surface area contributed by atoms with E-state index < -0.39 is 18.1 Å². The molecule has 5 nitrogen and oxygen atoms in total. The van der Waals surface area contributed by atoms with Gasteiger partial charge < -0.3 is 5.32 Å². The van der Waals surface area contributed by atoms with Crippen molar-refractivity contribution >= 4 is 5.91 Å². The van der Waals surface area contributed by atoms with Crippen LogP contribution in [0.25, 0.3) is 5.69 Å². The molecule has 1 heterocycles. The van der Waals surface area contributed by atoms with Crippen molar-refractivity contribution in [3.05, 3.63) is 78.4 Å². The summed E-state index contributed by atoms with van der Waals surface area (Å²) in [5.74, 6) is -0.809. The van der Waals surface area contributed by atoms with E-state index in [9.17, 15) is 18.0 Å². The van der Waals surface area contributed by atoms with E-state index in [1.165, 1.54) is 53.7 Å². The number of hydrogen-bond acceptors (Lipinski definition) is 3. The van der Waals surface area contributed by atoms with E-state index in [0.717, 1.165) is 0 Å². The molecule has 2 aromatic carbocycles. The number of halogens is 3. The lowest BCUT2D eigenvalue weighted by atomic mass is 10.1. The Hall–Kier alpha value is -3.16. The average molecular weight is 346 g/mol. The minimum Gasteiger partial charge on any atom is -0.337 e. The first-order chi connectivity index (χ1) is 11.9. The summed E-state index contributed by atoms with van der Waals surface area (Å²) in [5, 5.41) is 5.98. The number of amides is 1. The molecule has 0 aliphatic heterocycles. The molecule has 3 aromatic rings. The number of nitrogens with zero attached hydrogens (tertiary/aromatic N) is 3. The molecule has 1 N–H and O–H groups in total. The Morgan fingerprint density at radius 1 is 1.04 bits per heavy atom. The lowest BCUT2D eigenvalue weighted by Crippen LogP contribution is -2.38. The Morgan fingerprint density at radius 3 is 2.28 bits per heavy atom. The minimum absolute atomic E-state index is 0.0254. The number of benzene rings is 2. The quantitative estimate of drug-likeness (QED) is 0.788. The van der Waals surface area contributed by atoms with Crippen molar-refractivity contribution < 1.29 is 18.0 Å². The van der Waals surface area contributed by atoms with E-state index in [0.29, 0.717) is 5.69 Å². The zero-order valence-corrected chi connectivity index (χ0v) is 12.8. The van der Waals surface area contributed by atoms with Crippen LogP contribution in [0.4, 0.5) is 13.2 Å². The summed E-state index contributed by atoms with van der Waals surface area (Å²) in [5.41, 5.74) is 0.737. The first-order valence-corrected chi connectivity index (χ1v) is 7.33. The Bertz CT molecular complexity index is 831. The van der Waals surface area contributed by atoms with Crippen LogP contribution in [0, 0.1) is 0 Å². The Labute approximate surface area is 141 Å². The number of alkyl halides is 3. The number of nitrogens with one attached hydrogen (secondary N) is 1. The molecule has 0 spiro atoms. The first-order valence-electron chi connectivity index (χ1n) is 7.33. The average Bonchev–Trinajstić information content (AvgIpc) is 3.14. The van der Waals surface area contributed by atoms with Crippen molar-refractivity contribution in [3.8, 4) is 5.69 Å². The van der Waals surface area contributed by atoms with Gasteiger partial charge in [0.2, 0.25) is 0 Å². The van der Waals surface area contributed by atoms with Crippen molar-refractivity contribution in [1.29, 1.82) is 0 Å². The Kier molecular flexibility index (Phi) is 4.51. The predicted molar refractivity (Wildman–Crippen MR) is 84.1 cm³/mol. The lowest BCUT2D eigenvalue weighted by Gasteiger charge is -2.22. The second-order valence-corrected chi connectivity index (χ2v) is 5.25. The number of aromatic nitrogens is 3. The van der Waals surface area contributed by atoms with E-state index >= 15 is 0 Å². The highest BCUT2D eigenvalue weighted by Gasteiger charge is 2.41. The summed E-state index contributed by atoms with van der Waals surface area (Å²) in [4.78, 5) is 16.0. The van der Waals surface area contributed by atoms with Crippen LogP contribution in [-0.2, 0) is 0 Å². The van der Waals surface area contributed by atoms with Crippen molar-refractivity contribution in [3.63, 3.8) is 0 Å². The van der Waals surface area contributed by atoms with Gasteiger partial charge in [-0.1, -0.05) is 30.3 Å². The van der Waals surface area contributed by atoms with Crippen LogP contribution in [-0.4, -0.2) is 26.8 Å². The van der Waals surface area contributed by atoms with Crippen LogP contribution in [0.3, 0.4) is 0 Å².